The molecule has 3 aromatic carbocycles. The maximum absolute atomic E-state index is 8.92. The zero-order valence-electron chi connectivity index (χ0n) is 14.9. The number of phenolic OH excluding ortho intramolecular Hbond substituents is 1. The standard InChI is InChI=1S/C8H10O.C7H8O.C7H8/c1-7-4-3-5-8(6-7)9-2;1-6-4-2-3-5-7(6)8;1-7-5-3-2-4-6-7/h3-6H,1-2H3;2-5,8H,1H3;2-6H,1H3. The summed E-state index contributed by atoms with van der Waals surface area (Å²) in [4.78, 5) is 0. The molecule has 0 radical (unpaired) electrons. The van der Waals surface area contributed by atoms with E-state index in [4.69, 9.17) is 9.84 Å². The molecule has 1 N–H and O–H groups in total. The highest BCUT2D eigenvalue weighted by atomic mass is 16.5. The Hall–Kier alpha value is -2.74. The maximum atomic E-state index is 8.92. The quantitative estimate of drug-likeness (QED) is 0.623. The summed E-state index contributed by atoms with van der Waals surface area (Å²) in [5, 5.41) is 8.92. The van der Waals surface area contributed by atoms with Crippen LogP contribution in [0.4, 0.5) is 0 Å². The van der Waals surface area contributed by atoms with E-state index in [0.29, 0.717) is 5.75 Å². The summed E-state index contributed by atoms with van der Waals surface area (Å²) in [5.41, 5.74) is 3.48. The Morgan fingerprint density at radius 2 is 1.25 bits per heavy atom. The summed E-state index contributed by atoms with van der Waals surface area (Å²) in [5.74, 6) is 1.29. The van der Waals surface area contributed by atoms with E-state index in [1.54, 1.807) is 13.2 Å². The Labute approximate surface area is 145 Å². The van der Waals surface area contributed by atoms with E-state index in [9.17, 15) is 0 Å². The van der Waals surface area contributed by atoms with Crippen molar-refractivity contribution in [3.05, 3.63) is 95.6 Å². The Bertz CT molecular complexity index is 685. The average molecular weight is 322 g/mol. The SMILES string of the molecule is COc1cccc(C)c1.Cc1ccccc1.Cc1ccccc1O. The lowest BCUT2D eigenvalue weighted by molar-refractivity contribution is 0.414. The van der Waals surface area contributed by atoms with Crippen molar-refractivity contribution in [3.8, 4) is 11.5 Å². The minimum absolute atomic E-state index is 0.368. The molecule has 0 aliphatic rings. The van der Waals surface area contributed by atoms with Crippen molar-refractivity contribution >= 4 is 0 Å². The largest absolute Gasteiger partial charge is 0.508 e. The van der Waals surface area contributed by atoms with Crippen molar-refractivity contribution in [2.45, 2.75) is 20.8 Å². The average Bonchev–Trinajstić information content (AvgIpc) is 2.59. The third-order valence-corrected chi connectivity index (χ3v) is 3.28. The second-order valence-corrected chi connectivity index (χ2v) is 5.46. The fourth-order valence-electron chi connectivity index (χ4n) is 1.84. The number of rotatable bonds is 1. The van der Waals surface area contributed by atoms with Gasteiger partial charge in [0.2, 0.25) is 0 Å². The van der Waals surface area contributed by atoms with E-state index in [-0.39, 0.29) is 0 Å². The third-order valence-electron chi connectivity index (χ3n) is 3.28. The van der Waals surface area contributed by atoms with Gasteiger partial charge in [-0.15, -0.1) is 0 Å². The second kappa shape index (κ2) is 10.9. The first-order chi connectivity index (χ1) is 11.5. The number of methoxy groups -OCH3 is 1. The van der Waals surface area contributed by atoms with E-state index in [0.717, 1.165) is 11.3 Å². The lowest BCUT2D eigenvalue weighted by Crippen LogP contribution is -1.81. The second-order valence-electron chi connectivity index (χ2n) is 5.46. The molecule has 2 heteroatoms. The van der Waals surface area contributed by atoms with Gasteiger partial charge in [0.1, 0.15) is 11.5 Å². The summed E-state index contributed by atoms with van der Waals surface area (Å²) >= 11 is 0. The van der Waals surface area contributed by atoms with Gasteiger partial charge in [0, 0.05) is 0 Å². The molecule has 0 saturated heterocycles. The van der Waals surface area contributed by atoms with Crippen LogP contribution in [0, 0.1) is 20.8 Å². The number of hydrogen-bond donors (Lipinski definition) is 1. The predicted molar refractivity (Wildman–Crippen MR) is 102 cm³/mol. The van der Waals surface area contributed by atoms with Crippen molar-refractivity contribution in [1.82, 2.24) is 0 Å². The van der Waals surface area contributed by atoms with Gasteiger partial charge in [-0.2, -0.15) is 0 Å². The molecule has 24 heavy (non-hydrogen) atoms. The number of para-hydroxylation sites is 1. The van der Waals surface area contributed by atoms with Crippen LogP contribution in [0.2, 0.25) is 0 Å². The molecule has 0 aliphatic heterocycles. The Morgan fingerprint density at radius 1 is 0.667 bits per heavy atom. The van der Waals surface area contributed by atoms with Crippen LogP contribution in [-0.2, 0) is 0 Å². The number of aromatic hydroxyl groups is 1. The summed E-state index contributed by atoms with van der Waals surface area (Å²) in [6.45, 7) is 6.00. The van der Waals surface area contributed by atoms with E-state index >= 15 is 0 Å². The van der Waals surface area contributed by atoms with E-state index in [2.05, 4.69) is 19.1 Å². The van der Waals surface area contributed by atoms with Crippen molar-refractivity contribution in [1.29, 1.82) is 0 Å². The molecule has 0 fully saturated rings. The van der Waals surface area contributed by atoms with Crippen molar-refractivity contribution in [2.24, 2.45) is 0 Å². The molecular weight excluding hydrogens is 296 g/mol. The van der Waals surface area contributed by atoms with Gasteiger partial charge in [-0.05, 0) is 50.1 Å². The normalized spacial score (nSPS) is 9.00. The minimum atomic E-state index is 0.368. The lowest BCUT2D eigenvalue weighted by atomic mass is 10.2. The summed E-state index contributed by atoms with van der Waals surface area (Å²) in [6.07, 6.45) is 0. The van der Waals surface area contributed by atoms with Crippen LogP contribution in [0.5, 0.6) is 11.5 Å². The fourth-order valence-corrected chi connectivity index (χ4v) is 1.84. The topological polar surface area (TPSA) is 29.5 Å². The molecule has 0 atom stereocenters. The Morgan fingerprint density at radius 3 is 1.62 bits per heavy atom. The highest BCUT2D eigenvalue weighted by Gasteiger charge is 1.87. The van der Waals surface area contributed by atoms with Crippen LogP contribution in [0.3, 0.4) is 0 Å². The molecule has 0 aliphatic carbocycles. The molecule has 2 nitrogen and oxygen atoms in total. The highest BCUT2D eigenvalue weighted by molar-refractivity contribution is 5.29. The number of phenols is 1. The van der Waals surface area contributed by atoms with Crippen LogP contribution in [-0.4, -0.2) is 12.2 Å². The maximum Gasteiger partial charge on any atom is 0.119 e. The molecule has 0 amide bonds. The first-order valence-corrected chi connectivity index (χ1v) is 7.90. The molecule has 0 spiro atoms. The molecule has 0 saturated carbocycles. The number of aryl methyl sites for hydroxylation is 3. The van der Waals surface area contributed by atoms with Crippen molar-refractivity contribution < 1.29 is 9.84 Å². The zero-order valence-corrected chi connectivity index (χ0v) is 14.9. The Balaban J connectivity index is 0.000000181. The zero-order chi connectivity index (χ0) is 17.8. The molecule has 126 valence electrons. The van der Waals surface area contributed by atoms with Gasteiger partial charge in [-0.3, -0.25) is 0 Å². The van der Waals surface area contributed by atoms with Crippen LogP contribution in [0.1, 0.15) is 16.7 Å². The molecule has 0 heterocycles. The fraction of sp³-hybridized carbons (Fsp3) is 0.182. The predicted octanol–water partition coefficient (Wildman–Crippen LogP) is 5.70. The first-order valence-electron chi connectivity index (χ1n) is 7.90. The van der Waals surface area contributed by atoms with Crippen LogP contribution < -0.4 is 4.74 Å². The molecule has 0 aromatic heterocycles. The van der Waals surface area contributed by atoms with Crippen LogP contribution in [0.15, 0.2) is 78.9 Å². The molecule has 0 unspecified atom stereocenters. The summed E-state index contributed by atoms with van der Waals surface area (Å²) in [7, 11) is 1.68. The third kappa shape index (κ3) is 8.04. The number of hydrogen-bond acceptors (Lipinski definition) is 2. The lowest BCUT2D eigenvalue weighted by Gasteiger charge is -1.97. The Kier molecular flexibility index (Phi) is 8.77. The highest BCUT2D eigenvalue weighted by Crippen LogP contribution is 2.12. The van der Waals surface area contributed by atoms with Crippen LogP contribution in [0.25, 0.3) is 0 Å². The van der Waals surface area contributed by atoms with E-state index in [1.165, 1.54) is 11.1 Å². The summed E-state index contributed by atoms with van der Waals surface area (Å²) in [6, 6.07) is 25.5. The number of benzene rings is 3. The van der Waals surface area contributed by atoms with E-state index in [1.807, 2.05) is 74.5 Å². The monoisotopic (exact) mass is 322 g/mol. The van der Waals surface area contributed by atoms with Crippen LogP contribution >= 0.6 is 0 Å². The van der Waals surface area contributed by atoms with Gasteiger partial charge >= 0.3 is 0 Å². The van der Waals surface area contributed by atoms with Crippen molar-refractivity contribution in [3.63, 3.8) is 0 Å². The van der Waals surface area contributed by atoms with Gasteiger partial charge in [-0.25, -0.2) is 0 Å². The van der Waals surface area contributed by atoms with Crippen molar-refractivity contribution in [2.75, 3.05) is 7.11 Å². The van der Waals surface area contributed by atoms with Gasteiger partial charge in [0.05, 0.1) is 7.11 Å². The van der Waals surface area contributed by atoms with Gasteiger partial charge in [-0.1, -0.05) is 66.2 Å². The smallest absolute Gasteiger partial charge is 0.119 e. The molecule has 3 rings (SSSR count). The molecule has 0 bridgehead atoms. The number of ether oxygens (including phenoxy) is 1. The summed E-state index contributed by atoms with van der Waals surface area (Å²) < 4.78 is 5.00. The van der Waals surface area contributed by atoms with Gasteiger partial charge in [0.25, 0.3) is 0 Å². The van der Waals surface area contributed by atoms with E-state index < -0.39 is 0 Å². The minimum Gasteiger partial charge on any atom is -0.508 e. The molecule has 3 aromatic rings. The van der Waals surface area contributed by atoms with Gasteiger partial charge < -0.3 is 9.84 Å². The molecular formula is C22H26O2. The van der Waals surface area contributed by atoms with Gasteiger partial charge in [0.15, 0.2) is 0 Å². The first kappa shape index (κ1) is 19.3.